The van der Waals surface area contributed by atoms with Gasteiger partial charge in [-0.3, -0.25) is 0 Å². The van der Waals surface area contributed by atoms with Crippen LogP contribution in [-0.2, 0) is 12.1 Å². The molecule has 0 heterocycles. The topological polar surface area (TPSA) is 32.3 Å². The summed E-state index contributed by atoms with van der Waals surface area (Å²) in [6.45, 7) is 2.41. The smallest absolute Gasteiger partial charge is 0.123 e. The molecule has 0 radical (unpaired) electrons. The SMILES string of the molecule is CC(CO)(NCc1cccc(F)c1)c1ccccc1. The summed E-state index contributed by atoms with van der Waals surface area (Å²) in [5.74, 6) is -0.246. The average molecular weight is 259 g/mol. The Morgan fingerprint density at radius 2 is 1.84 bits per heavy atom. The summed E-state index contributed by atoms with van der Waals surface area (Å²) < 4.78 is 13.1. The lowest BCUT2D eigenvalue weighted by atomic mass is 9.92. The number of halogens is 1. The van der Waals surface area contributed by atoms with Crippen molar-refractivity contribution in [2.24, 2.45) is 0 Å². The van der Waals surface area contributed by atoms with Crippen LogP contribution in [-0.4, -0.2) is 11.7 Å². The van der Waals surface area contributed by atoms with Crippen molar-refractivity contribution < 1.29 is 9.50 Å². The molecule has 0 saturated heterocycles. The number of benzene rings is 2. The van der Waals surface area contributed by atoms with Crippen LogP contribution in [0.1, 0.15) is 18.1 Å². The lowest BCUT2D eigenvalue weighted by Gasteiger charge is -2.29. The number of hydrogen-bond acceptors (Lipinski definition) is 2. The monoisotopic (exact) mass is 259 g/mol. The van der Waals surface area contributed by atoms with Crippen molar-refractivity contribution in [1.29, 1.82) is 0 Å². The van der Waals surface area contributed by atoms with Gasteiger partial charge in [-0.1, -0.05) is 42.5 Å². The minimum absolute atomic E-state index is 0.0215. The highest BCUT2D eigenvalue weighted by Gasteiger charge is 2.24. The molecule has 0 aromatic heterocycles. The van der Waals surface area contributed by atoms with Crippen LogP contribution in [0, 0.1) is 5.82 Å². The van der Waals surface area contributed by atoms with E-state index >= 15 is 0 Å². The maximum Gasteiger partial charge on any atom is 0.123 e. The Morgan fingerprint density at radius 1 is 1.11 bits per heavy atom. The molecule has 0 aliphatic rings. The second kappa shape index (κ2) is 5.95. The van der Waals surface area contributed by atoms with Crippen LogP contribution in [0.5, 0.6) is 0 Å². The Bertz CT molecular complexity index is 529. The van der Waals surface area contributed by atoms with Crippen molar-refractivity contribution in [3.05, 3.63) is 71.5 Å². The van der Waals surface area contributed by atoms with Crippen LogP contribution in [0.3, 0.4) is 0 Å². The normalized spacial score (nSPS) is 14.1. The van der Waals surface area contributed by atoms with Gasteiger partial charge in [-0.05, 0) is 30.2 Å². The second-order valence-corrected chi connectivity index (χ2v) is 4.84. The fourth-order valence-corrected chi connectivity index (χ4v) is 2.00. The van der Waals surface area contributed by atoms with Gasteiger partial charge in [0.15, 0.2) is 0 Å². The van der Waals surface area contributed by atoms with Gasteiger partial charge in [0.1, 0.15) is 5.82 Å². The Balaban J connectivity index is 2.11. The zero-order valence-corrected chi connectivity index (χ0v) is 10.9. The van der Waals surface area contributed by atoms with E-state index in [4.69, 9.17) is 0 Å². The molecule has 19 heavy (non-hydrogen) atoms. The number of nitrogens with one attached hydrogen (secondary N) is 1. The molecule has 0 fully saturated rings. The van der Waals surface area contributed by atoms with Crippen LogP contribution < -0.4 is 5.32 Å². The molecule has 0 amide bonds. The van der Waals surface area contributed by atoms with E-state index < -0.39 is 5.54 Å². The van der Waals surface area contributed by atoms with Crippen LogP contribution >= 0.6 is 0 Å². The molecule has 0 bridgehead atoms. The molecule has 2 aromatic carbocycles. The van der Waals surface area contributed by atoms with Gasteiger partial charge in [-0.25, -0.2) is 4.39 Å². The van der Waals surface area contributed by atoms with Gasteiger partial charge in [0.05, 0.1) is 12.1 Å². The fraction of sp³-hybridized carbons (Fsp3) is 0.250. The minimum Gasteiger partial charge on any atom is -0.394 e. The maximum atomic E-state index is 13.1. The van der Waals surface area contributed by atoms with E-state index in [0.29, 0.717) is 6.54 Å². The molecule has 0 spiro atoms. The van der Waals surface area contributed by atoms with E-state index in [9.17, 15) is 9.50 Å². The summed E-state index contributed by atoms with van der Waals surface area (Å²) in [7, 11) is 0. The van der Waals surface area contributed by atoms with Gasteiger partial charge in [0, 0.05) is 6.54 Å². The van der Waals surface area contributed by atoms with Crippen molar-refractivity contribution in [1.82, 2.24) is 5.32 Å². The third-order valence-electron chi connectivity index (χ3n) is 3.30. The molecule has 2 nitrogen and oxygen atoms in total. The number of aliphatic hydroxyl groups is 1. The largest absolute Gasteiger partial charge is 0.394 e. The Labute approximate surface area is 112 Å². The molecule has 3 heteroatoms. The van der Waals surface area contributed by atoms with E-state index in [1.54, 1.807) is 6.07 Å². The highest BCUT2D eigenvalue weighted by molar-refractivity contribution is 5.24. The van der Waals surface area contributed by atoms with Gasteiger partial charge in [0.25, 0.3) is 0 Å². The van der Waals surface area contributed by atoms with Crippen LogP contribution in [0.4, 0.5) is 4.39 Å². The summed E-state index contributed by atoms with van der Waals surface area (Å²) in [6.07, 6.45) is 0. The van der Waals surface area contributed by atoms with Gasteiger partial charge < -0.3 is 10.4 Å². The molecule has 2 N–H and O–H groups in total. The van der Waals surface area contributed by atoms with Crippen molar-refractivity contribution in [2.75, 3.05) is 6.61 Å². The zero-order valence-electron chi connectivity index (χ0n) is 10.9. The van der Waals surface area contributed by atoms with E-state index in [-0.39, 0.29) is 12.4 Å². The predicted octanol–water partition coefficient (Wildman–Crippen LogP) is 2.82. The quantitative estimate of drug-likeness (QED) is 0.865. The summed E-state index contributed by atoms with van der Waals surface area (Å²) >= 11 is 0. The van der Waals surface area contributed by atoms with E-state index in [0.717, 1.165) is 11.1 Å². The molecular formula is C16H18FNO. The first kappa shape index (κ1) is 13.7. The van der Waals surface area contributed by atoms with Crippen molar-refractivity contribution in [3.8, 4) is 0 Å². The number of aliphatic hydroxyl groups excluding tert-OH is 1. The maximum absolute atomic E-state index is 13.1. The van der Waals surface area contributed by atoms with Gasteiger partial charge >= 0.3 is 0 Å². The zero-order chi connectivity index (χ0) is 13.7. The lowest BCUT2D eigenvalue weighted by Crippen LogP contribution is -2.42. The first-order chi connectivity index (χ1) is 9.14. The van der Waals surface area contributed by atoms with Crippen LogP contribution in [0.25, 0.3) is 0 Å². The minimum atomic E-state index is -0.534. The second-order valence-electron chi connectivity index (χ2n) is 4.84. The van der Waals surface area contributed by atoms with Crippen LogP contribution in [0.15, 0.2) is 54.6 Å². The summed E-state index contributed by atoms with van der Waals surface area (Å²) in [6, 6.07) is 16.2. The number of hydrogen-bond donors (Lipinski definition) is 2. The standard InChI is InChI=1S/C16H18FNO/c1-16(12-19,14-7-3-2-4-8-14)18-11-13-6-5-9-15(17)10-13/h2-10,18-19H,11-12H2,1H3. The Hall–Kier alpha value is -1.71. The third kappa shape index (κ3) is 3.40. The predicted molar refractivity (Wildman–Crippen MR) is 74.1 cm³/mol. The van der Waals surface area contributed by atoms with E-state index in [1.165, 1.54) is 12.1 Å². The summed E-state index contributed by atoms with van der Waals surface area (Å²) in [4.78, 5) is 0. The van der Waals surface area contributed by atoms with Crippen LogP contribution in [0.2, 0.25) is 0 Å². The molecule has 1 atom stereocenters. The highest BCUT2D eigenvalue weighted by atomic mass is 19.1. The molecule has 100 valence electrons. The summed E-state index contributed by atoms with van der Waals surface area (Å²) in [5, 5.41) is 12.9. The van der Waals surface area contributed by atoms with E-state index in [1.807, 2.05) is 43.3 Å². The van der Waals surface area contributed by atoms with Gasteiger partial charge in [-0.2, -0.15) is 0 Å². The lowest BCUT2D eigenvalue weighted by molar-refractivity contribution is 0.173. The van der Waals surface area contributed by atoms with Gasteiger partial charge in [0.2, 0.25) is 0 Å². The van der Waals surface area contributed by atoms with Crippen molar-refractivity contribution in [3.63, 3.8) is 0 Å². The molecule has 0 aliphatic heterocycles. The summed E-state index contributed by atoms with van der Waals surface area (Å²) in [5.41, 5.74) is 1.33. The highest BCUT2D eigenvalue weighted by Crippen LogP contribution is 2.20. The van der Waals surface area contributed by atoms with Crippen molar-refractivity contribution in [2.45, 2.75) is 19.0 Å². The first-order valence-electron chi connectivity index (χ1n) is 6.30. The molecule has 2 rings (SSSR count). The number of rotatable bonds is 5. The Morgan fingerprint density at radius 3 is 2.47 bits per heavy atom. The van der Waals surface area contributed by atoms with Gasteiger partial charge in [-0.15, -0.1) is 0 Å². The Kier molecular flexibility index (Phi) is 4.30. The third-order valence-corrected chi connectivity index (χ3v) is 3.30. The molecule has 2 aromatic rings. The fourth-order valence-electron chi connectivity index (χ4n) is 2.00. The first-order valence-corrected chi connectivity index (χ1v) is 6.30. The van der Waals surface area contributed by atoms with Crippen molar-refractivity contribution >= 4 is 0 Å². The van der Waals surface area contributed by atoms with E-state index in [2.05, 4.69) is 5.32 Å². The molecule has 1 unspecified atom stereocenters. The average Bonchev–Trinajstić information content (AvgIpc) is 2.46. The molecule has 0 saturated carbocycles. The molecule has 0 aliphatic carbocycles. The molecular weight excluding hydrogens is 241 g/mol.